The van der Waals surface area contributed by atoms with E-state index in [1.54, 1.807) is 7.05 Å². The summed E-state index contributed by atoms with van der Waals surface area (Å²) in [5.74, 6) is -0.839. The minimum Gasteiger partial charge on any atom is -0.313 e. The molecule has 0 bridgehead atoms. The predicted molar refractivity (Wildman–Crippen MR) is 42.5 cm³/mol. The monoisotopic (exact) mass is 168 g/mol. The van der Waals surface area contributed by atoms with Crippen LogP contribution in [0.1, 0.15) is 10.5 Å². The molecule has 0 atom stereocenters. The van der Waals surface area contributed by atoms with Crippen LogP contribution in [0.25, 0.3) is 0 Å². The second-order valence-corrected chi connectivity index (χ2v) is 2.30. The van der Waals surface area contributed by atoms with Crippen LogP contribution in [-0.4, -0.2) is 24.4 Å². The summed E-state index contributed by atoms with van der Waals surface area (Å²) in [6.45, 7) is 0.177. The molecule has 0 spiro atoms. The highest BCUT2D eigenvalue weighted by atomic mass is 19.1. The summed E-state index contributed by atoms with van der Waals surface area (Å²) < 4.78 is 12.5. The van der Waals surface area contributed by atoms with Gasteiger partial charge in [-0.15, -0.1) is 0 Å². The van der Waals surface area contributed by atoms with Gasteiger partial charge in [-0.2, -0.15) is 4.39 Å². The Morgan fingerprint density at radius 2 is 2.42 bits per heavy atom. The molecule has 1 aromatic heterocycles. The molecule has 64 valence electrons. The zero-order chi connectivity index (χ0) is 8.97. The first kappa shape index (κ1) is 8.80. The lowest BCUT2D eigenvalue weighted by Gasteiger charge is -1.97. The van der Waals surface area contributed by atoms with Gasteiger partial charge >= 0.3 is 0 Å². The summed E-state index contributed by atoms with van der Waals surface area (Å²) in [7, 11) is 1.65. The van der Waals surface area contributed by atoms with E-state index in [0.717, 1.165) is 0 Å². The lowest BCUT2D eigenvalue weighted by atomic mass is 10.2. The van der Waals surface area contributed by atoms with Crippen molar-refractivity contribution in [1.29, 1.82) is 0 Å². The lowest BCUT2D eigenvalue weighted by Crippen LogP contribution is -2.19. The number of carbonyl (C=O) groups excluding carboxylic acids is 1. The average molecular weight is 168 g/mol. The number of Topliss-reactive ketones (excluding diaryl/α,β-unsaturated/α-hetero) is 1. The topological polar surface area (TPSA) is 42.0 Å². The minimum absolute atomic E-state index is 0.157. The third-order valence-corrected chi connectivity index (χ3v) is 1.34. The van der Waals surface area contributed by atoms with Crippen LogP contribution in [0, 0.1) is 5.95 Å². The summed E-state index contributed by atoms with van der Waals surface area (Å²) in [4.78, 5) is 14.5. The van der Waals surface area contributed by atoms with E-state index in [1.165, 1.54) is 18.2 Å². The maximum Gasteiger partial charge on any atom is 0.213 e. The number of rotatable bonds is 3. The molecule has 3 nitrogen and oxygen atoms in total. The number of ketones is 1. The molecule has 0 aromatic carbocycles. The highest BCUT2D eigenvalue weighted by molar-refractivity contribution is 5.95. The van der Waals surface area contributed by atoms with Crippen LogP contribution < -0.4 is 5.32 Å². The molecule has 4 heteroatoms. The van der Waals surface area contributed by atoms with Crippen LogP contribution in [0.4, 0.5) is 4.39 Å². The second kappa shape index (κ2) is 3.92. The molecule has 0 radical (unpaired) electrons. The van der Waals surface area contributed by atoms with Crippen LogP contribution in [-0.2, 0) is 0 Å². The van der Waals surface area contributed by atoms with Crippen molar-refractivity contribution in [1.82, 2.24) is 10.3 Å². The molecule has 0 unspecified atom stereocenters. The van der Waals surface area contributed by atoms with E-state index >= 15 is 0 Å². The Balaban J connectivity index is 2.81. The molecule has 0 aliphatic rings. The Kier molecular flexibility index (Phi) is 2.88. The summed E-state index contributed by atoms with van der Waals surface area (Å²) >= 11 is 0. The van der Waals surface area contributed by atoms with E-state index in [9.17, 15) is 9.18 Å². The van der Waals surface area contributed by atoms with Crippen molar-refractivity contribution < 1.29 is 9.18 Å². The number of aromatic nitrogens is 1. The van der Waals surface area contributed by atoms with E-state index in [4.69, 9.17) is 0 Å². The van der Waals surface area contributed by atoms with Crippen molar-refractivity contribution in [2.24, 2.45) is 0 Å². The molecule has 0 aliphatic carbocycles. The van der Waals surface area contributed by atoms with Gasteiger partial charge in [0.1, 0.15) is 5.69 Å². The summed E-state index contributed by atoms with van der Waals surface area (Å²) in [6.07, 6.45) is 0. The standard InChI is InChI=1S/C8H9FN2O/c1-10-5-7(12)6-3-2-4-8(9)11-6/h2-4,10H,5H2,1H3. The lowest BCUT2D eigenvalue weighted by molar-refractivity contribution is 0.0987. The second-order valence-electron chi connectivity index (χ2n) is 2.30. The largest absolute Gasteiger partial charge is 0.313 e. The number of likely N-dealkylation sites (N-methyl/N-ethyl adjacent to an activating group) is 1. The van der Waals surface area contributed by atoms with Crippen molar-refractivity contribution in [3.8, 4) is 0 Å². The molecule has 1 aromatic rings. The van der Waals surface area contributed by atoms with Gasteiger partial charge in [0, 0.05) is 0 Å². The van der Waals surface area contributed by atoms with Gasteiger partial charge in [0.2, 0.25) is 5.95 Å². The number of nitrogens with one attached hydrogen (secondary N) is 1. The first-order valence-electron chi connectivity index (χ1n) is 3.54. The third-order valence-electron chi connectivity index (χ3n) is 1.34. The summed E-state index contributed by atoms with van der Waals surface area (Å²) in [5.41, 5.74) is 0.157. The van der Waals surface area contributed by atoms with Crippen molar-refractivity contribution in [3.05, 3.63) is 29.8 Å². The molecule has 12 heavy (non-hydrogen) atoms. The summed E-state index contributed by atoms with van der Waals surface area (Å²) in [5, 5.41) is 2.67. The zero-order valence-electron chi connectivity index (χ0n) is 6.67. The first-order valence-corrected chi connectivity index (χ1v) is 3.54. The molecule has 0 saturated carbocycles. The van der Waals surface area contributed by atoms with Gasteiger partial charge in [0.25, 0.3) is 0 Å². The van der Waals surface area contributed by atoms with E-state index in [2.05, 4.69) is 10.3 Å². The van der Waals surface area contributed by atoms with Gasteiger partial charge in [-0.1, -0.05) is 6.07 Å². The number of pyridine rings is 1. The molecule has 1 heterocycles. The fraction of sp³-hybridized carbons (Fsp3) is 0.250. The minimum atomic E-state index is -0.628. The maximum atomic E-state index is 12.5. The van der Waals surface area contributed by atoms with Crippen molar-refractivity contribution in [3.63, 3.8) is 0 Å². The van der Waals surface area contributed by atoms with Crippen molar-refractivity contribution in [2.75, 3.05) is 13.6 Å². The van der Waals surface area contributed by atoms with Gasteiger partial charge in [-0.3, -0.25) is 4.79 Å². The SMILES string of the molecule is CNCC(=O)c1cccc(F)n1. The number of carbonyl (C=O) groups is 1. The molecule has 0 amide bonds. The van der Waals surface area contributed by atoms with Crippen LogP contribution in [0.15, 0.2) is 18.2 Å². The fourth-order valence-corrected chi connectivity index (χ4v) is 0.815. The smallest absolute Gasteiger partial charge is 0.213 e. The van der Waals surface area contributed by atoms with E-state index in [-0.39, 0.29) is 18.0 Å². The van der Waals surface area contributed by atoms with Crippen molar-refractivity contribution >= 4 is 5.78 Å². The maximum absolute atomic E-state index is 12.5. The highest BCUT2D eigenvalue weighted by Gasteiger charge is 2.05. The Morgan fingerprint density at radius 3 is 3.00 bits per heavy atom. The Labute approximate surface area is 69.6 Å². The molecule has 0 saturated heterocycles. The van der Waals surface area contributed by atoms with Gasteiger partial charge in [0.05, 0.1) is 6.54 Å². The van der Waals surface area contributed by atoms with Crippen LogP contribution in [0.5, 0.6) is 0 Å². The molecule has 1 N–H and O–H groups in total. The highest BCUT2D eigenvalue weighted by Crippen LogP contribution is 1.97. The number of nitrogens with zero attached hydrogens (tertiary/aromatic N) is 1. The third kappa shape index (κ3) is 2.10. The first-order chi connectivity index (χ1) is 5.74. The van der Waals surface area contributed by atoms with E-state index in [0.29, 0.717) is 0 Å². The molecule has 1 rings (SSSR count). The Hall–Kier alpha value is -1.29. The normalized spacial score (nSPS) is 9.83. The van der Waals surface area contributed by atoms with E-state index < -0.39 is 5.95 Å². The number of hydrogen-bond acceptors (Lipinski definition) is 3. The van der Waals surface area contributed by atoms with Crippen LogP contribution in [0.3, 0.4) is 0 Å². The molecule has 0 fully saturated rings. The van der Waals surface area contributed by atoms with Crippen LogP contribution >= 0.6 is 0 Å². The average Bonchev–Trinajstić information content (AvgIpc) is 2.05. The number of halogens is 1. The zero-order valence-corrected chi connectivity index (χ0v) is 6.67. The van der Waals surface area contributed by atoms with Gasteiger partial charge in [-0.05, 0) is 19.2 Å². The van der Waals surface area contributed by atoms with E-state index in [1.807, 2.05) is 0 Å². The Morgan fingerprint density at radius 1 is 1.67 bits per heavy atom. The predicted octanol–water partition coefficient (Wildman–Crippen LogP) is 0.623. The Bertz CT molecular complexity index is 288. The van der Waals surface area contributed by atoms with Gasteiger partial charge < -0.3 is 5.32 Å². The molecular weight excluding hydrogens is 159 g/mol. The van der Waals surface area contributed by atoms with Crippen molar-refractivity contribution in [2.45, 2.75) is 0 Å². The van der Waals surface area contributed by atoms with Gasteiger partial charge in [0.15, 0.2) is 5.78 Å². The van der Waals surface area contributed by atoms with Gasteiger partial charge in [-0.25, -0.2) is 4.98 Å². The summed E-state index contributed by atoms with van der Waals surface area (Å²) in [6, 6.07) is 4.16. The fourth-order valence-electron chi connectivity index (χ4n) is 0.815. The van der Waals surface area contributed by atoms with Crippen LogP contribution in [0.2, 0.25) is 0 Å². The quantitative estimate of drug-likeness (QED) is 0.531. The number of hydrogen-bond donors (Lipinski definition) is 1. The molecule has 0 aliphatic heterocycles. The molecular formula is C8H9FN2O.